The Labute approximate surface area is 131 Å². The van der Waals surface area contributed by atoms with Crippen molar-refractivity contribution in [3.63, 3.8) is 0 Å². The maximum atomic E-state index is 5.12. The minimum Gasteiger partial charge on any atom is -0.385 e. The SMILES string of the molecule is COCCCn1cc(C)nc1NC(C)Cc1ccc(C)s1. The minimum absolute atomic E-state index is 0.367. The summed E-state index contributed by atoms with van der Waals surface area (Å²) < 4.78 is 7.30. The van der Waals surface area contributed by atoms with Crippen molar-refractivity contribution < 1.29 is 4.74 Å². The van der Waals surface area contributed by atoms with Crippen LogP contribution in [0.5, 0.6) is 0 Å². The molecular formula is C16H25N3OS. The van der Waals surface area contributed by atoms with E-state index in [0.717, 1.165) is 37.6 Å². The van der Waals surface area contributed by atoms with Crippen LogP contribution >= 0.6 is 11.3 Å². The predicted octanol–water partition coefficient (Wildman–Crippen LogP) is 3.64. The van der Waals surface area contributed by atoms with Crippen LogP contribution in [-0.4, -0.2) is 29.3 Å². The fourth-order valence-corrected chi connectivity index (χ4v) is 3.40. The van der Waals surface area contributed by atoms with Gasteiger partial charge in [-0.25, -0.2) is 4.98 Å². The molecule has 2 aromatic heterocycles. The third-order valence-electron chi connectivity index (χ3n) is 3.32. The summed E-state index contributed by atoms with van der Waals surface area (Å²) >= 11 is 1.87. The lowest BCUT2D eigenvalue weighted by Gasteiger charge is -2.15. The summed E-state index contributed by atoms with van der Waals surface area (Å²) in [5, 5.41) is 3.53. The molecule has 1 N–H and O–H groups in total. The first-order chi connectivity index (χ1) is 10.1. The van der Waals surface area contributed by atoms with Gasteiger partial charge in [0, 0.05) is 48.7 Å². The monoisotopic (exact) mass is 307 g/mol. The second kappa shape index (κ2) is 7.61. The molecular weight excluding hydrogens is 282 g/mol. The Bertz CT molecular complexity index is 562. The Morgan fingerprint density at radius 2 is 2.19 bits per heavy atom. The number of ether oxygens (including phenoxy) is 1. The molecule has 0 bridgehead atoms. The fraction of sp³-hybridized carbons (Fsp3) is 0.562. The van der Waals surface area contributed by atoms with Crippen molar-refractivity contribution in [2.45, 2.75) is 46.2 Å². The molecule has 1 atom stereocenters. The van der Waals surface area contributed by atoms with Gasteiger partial charge in [0.15, 0.2) is 0 Å². The highest BCUT2D eigenvalue weighted by atomic mass is 32.1. The summed E-state index contributed by atoms with van der Waals surface area (Å²) in [5.74, 6) is 0.962. The van der Waals surface area contributed by atoms with Crippen LogP contribution in [-0.2, 0) is 17.7 Å². The molecule has 116 valence electrons. The van der Waals surface area contributed by atoms with Crippen LogP contribution in [0.3, 0.4) is 0 Å². The zero-order chi connectivity index (χ0) is 15.2. The van der Waals surface area contributed by atoms with Crippen molar-refractivity contribution in [3.8, 4) is 0 Å². The van der Waals surface area contributed by atoms with Crippen LogP contribution in [0.25, 0.3) is 0 Å². The Balaban J connectivity index is 1.94. The van der Waals surface area contributed by atoms with Crippen LogP contribution in [0.15, 0.2) is 18.3 Å². The van der Waals surface area contributed by atoms with Gasteiger partial charge in [-0.15, -0.1) is 11.3 Å². The predicted molar refractivity (Wildman–Crippen MR) is 89.3 cm³/mol. The molecule has 5 heteroatoms. The molecule has 0 saturated carbocycles. The summed E-state index contributed by atoms with van der Waals surface area (Å²) in [6, 6.07) is 4.77. The maximum absolute atomic E-state index is 5.12. The molecule has 0 fully saturated rings. The number of thiophene rings is 1. The normalized spacial score (nSPS) is 12.6. The average Bonchev–Trinajstić information content (AvgIpc) is 2.96. The number of rotatable bonds is 8. The van der Waals surface area contributed by atoms with E-state index in [1.807, 2.05) is 18.3 Å². The molecule has 0 amide bonds. The molecule has 2 rings (SSSR count). The molecule has 4 nitrogen and oxygen atoms in total. The van der Waals surface area contributed by atoms with Crippen LogP contribution in [0.2, 0.25) is 0 Å². The highest BCUT2D eigenvalue weighted by Crippen LogP contribution is 2.18. The topological polar surface area (TPSA) is 39.1 Å². The lowest BCUT2D eigenvalue weighted by molar-refractivity contribution is 0.190. The Hall–Kier alpha value is -1.33. The number of nitrogens with one attached hydrogen (secondary N) is 1. The number of aromatic nitrogens is 2. The van der Waals surface area contributed by atoms with Crippen LogP contribution in [0.4, 0.5) is 5.95 Å². The molecule has 0 spiro atoms. The number of hydrogen-bond acceptors (Lipinski definition) is 4. The average molecular weight is 307 g/mol. The quantitative estimate of drug-likeness (QED) is 0.757. The maximum Gasteiger partial charge on any atom is 0.203 e. The van der Waals surface area contributed by atoms with E-state index < -0.39 is 0 Å². The Kier molecular flexibility index (Phi) is 5.82. The molecule has 0 aliphatic heterocycles. The zero-order valence-corrected chi connectivity index (χ0v) is 14.2. The van der Waals surface area contributed by atoms with E-state index in [4.69, 9.17) is 4.74 Å². The lowest BCUT2D eigenvalue weighted by Crippen LogP contribution is -2.20. The highest BCUT2D eigenvalue weighted by Gasteiger charge is 2.10. The largest absolute Gasteiger partial charge is 0.385 e. The first-order valence-electron chi connectivity index (χ1n) is 7.43. The minimum atomic E-state index is 0.367. The summed E-state index contributed by atoms with van der Waals surface area (Å²) in [7, 11) is 1.74. The first-order valence-corrected chi connectivity index (χ1v) is 8.24. The van der Waals surface area contributed by atoms with E-state index in [9.17, 15) is 0 Å². The standard InChI is InChI=1S/C16H25N3OS/c1-12(10-15-7-6-14(3)21-15)17-16-18-13(2)11-19(16)8-5-9-20-4/h6-7,11-12H,5,8-10H2,1-4H3,(H,17,18). The second-order valence-corrected chi connectivity index (χ2v) is 6.88. The van der Waals surface area contributed by atoms with E-state index in [1.54, 1.807) is 7.11 Å². The molecule has 21 heavy (non-hydrogen) atoms. The first kappa shape index (κ1) is 16.0. The molecule has 0 saturated heterocycles. The van der Waals surface area contributed by atoms with Crippen molar-refractivity contribution >= 4 is 17.3 Å². The summed E-state index contributed by atoms with van der Waals surface area (Å²) in [5.41, 5.74) is 1.05. The lowest BCUT2D eigenvalue weighted by atomic mass is 10.2. The molecule has 2 aromatic rings. The van der Waals surface area contributed by atoms with Gasteiger partial charge in [0.1, 0.15) is 0 Å². The fourth-order valence-electron chi connectivity index (χ4n) is 2.38. The van der Waals surface area contributed by atoms with Crippen molar-refractivity contribution in [2.24, 2.45) is 0 Å². The van der Waals surface area contributed by atoms with Crippen LogP contribution in [0.1, 0.15) is 28.8 Å². The van der Waals surface area contributed by atoms with E-state index in [1.165, 1.54) is 9.75 Å². The van der Waals surface area contributed by atoms with Gasteiger partial charge in [0.2, 0.25) is 5.95 Å². The van der Waals surface area contributed by atoms with Gasteiger partial charge in [0.25, 0.3) is 0 Å². The van der Waals surface area contributed by atoms with Crippen molar-refractivity contribution in [2.75, 3.05) is 19.0 Å². The molecule has 0 aromatic carbocycles. The van der Waals surface area contributed by atoms with E-state index >= 15 is 0 Å². The Morgan fingerprint density at radius 3 is 2.86 bits per heavy atom. The van der Waals surface area contributed by atoms with Gasteiger partial charge in [-0.1, -0.05) is 0 Å². The number of aryl methyl sites for hydroxylation is 3. The second-order valence-electron chi connectivity index (χ2n) is 5.51. The highest BCUT2D eigenvalue weighted by molar-refractivity contribution is 7.11. The van der Waals surface area contributed by atoms with E-state index in [0.29, 0.717) is 6.04 Å². The zero-order valence-electron chi connectivity index (χ0n) is 13.3. The van der Waals surface area contributed by atoms with Gasteiger partial charge < -0.3 is 14.6 Å². The van der Waals surface area contributed by atoms with Crippen molar-refractivity contribution in [1.82, 2.24) is 9.55 Å². The molecule has 0 radical (unpaired) electrons. The summed E-state index contributed by atoms with van der Waals surface area (Å²) in [6.45, 7) is 8.10. The Morgan fingerprint density at radius 1 is 1.38 bits per heavy atom. The van der Waals surface area contributed by atoms with Gasteiger partial charge in [-0.05, 0) is 39.3 Å². The number of methoxy groups -OCH3 is 1. The third-order valence-corrected chi connectivity index (χ3v) is 4.35. The van der Waals surface area contributed by atoms with Crippen molar-refractivity contribution in [1.29, 1.82) is 0 Å². The number of imidazole rings is 1. The molecule has 2 heterocycles. The van der Waals surface area contributed by atoms with Gasteiger partial charge in [0.05, 0.1) is 5.69 Å². The number of hydrogen-bond donors (Lipinski definition) is 1. The van der Waals surface area contributed by atoms with Gasteiger partial charge in [-0.2, -0.15) is 0 Å². The number of anilines is 1. The third kappa shape index (κ3) is 4.86. The summed E-state index contributed by atoms with van der Waals surface area (Å²) in [4.78, 5) is 7.38. The smallest absolute Gasteiger partial charge is 0.203 e. The van der Waals surface area contributed by atoms with E-state index in [2.05, 4.69) is 47.0 Å². The molecule has 0 aliphatic carbocycles. The molecule has 1 unspecified atom stereocenters. The van der Waals surface area contributed by atoms with Crippen LogP contribution < -0.4 is 5.32 Å². The molecule has 0 aliphatic rings. The van der Waals surface area contributed by atoms with Crippen LogP contribution in [0, 0.1) is 13.8 Å². The van der Waals surface area contributed by atoms with Crippen molar-refractivity contribution in [3.05, 3.63) is 33.8 Å². The van der Waals surface area contributed by atoms with Gasteiger partial charge in [-0.3, -0.25) is 0 Å². The summed E-state index contributed by atoms with van der Waals surface area (Å²) in [6.07, 6.45) is 4.13. The van der Waals surface area contributed by atoms with Gasteiger partial charge >= 0.3 is 0 Å². The number of nitrogens with zero attached hydrogens (tertiary/aromatic N) is 2. The van der Waals surface area contributed by atoms with E-state index in [-0.39, 0.29) is 0 Å².